The van der Waals surface area contributed by atoms with Crippen molar-refractivity contribution in [1.29, 1.82) is 0 Å². The van der Waals surface area contributed by atoms with Gasteiger partial charge < -0.3 is 0 Å². The number of Topliss-reactive ketones (excluding diaryl/α,β-unsaturated/α-hetero) is 1. The van der Waals surface area contributed by atoms with Gasteiger partial charge in [0.25, 0.3) is 0 Å². The minimum Gasteiger partial charge on any atom is -0.298 e. The molecule has 2 aliphatic rings. The van der Waals surface area contributed by atoms with Gasteiger partial charge in [-0.3, -0.25) is 10.1 Å². The maximum absolute atomic E-state index is 14.5. The normalized spacial score (nSPS) is 20.6. The zero-order valence-corrected chi connectivity index (χ0v) is 15.9. The minimum absolute atomic E-state index is 0.117. The number of halogens is 5. The van der Waals surface area contributed by atoms with Crippen LogP contribution in [0.2, 0.25) is 0 Å². The second-order valence-electron chi connectivity index (χ2n) is 8.38. The molecule has 2 fully saturated rings. The van der Waals surface area contributed by atoms with E-state index in [4.69, 9.17) is 6.42 Å². The molecule has 0 aliphatic heterocycles. The molecule has 1 aromatic carbocycles. The molecule has 0 aromatic heterocycles. The van der Waals surface area contributed by atoms with Crippen molar-refractivity contribution in [2.24, 2.45) is 11.3 Å². The van der Waals surface area contributed by atoms with Crippen LogP contribution in [0.5, 0.6) is 0 Å². The van der Waals surface area contributed by atoms with Crippen LogP contribution in [0.3, 0.4) is 0 Å². The van der Waals surface area contributed by atoms with Crippen LogP contribution >= 0.6 is 0 Å². The number of carbonyl (C=O) groups excluding carboxylic acids is 1. The molecule has 3 rings (SSSR count). The lowest BCUT2D eigenvalue weighted by atomic mass is 9.91. The smallest absolute Gasteiger partial charge is 0.298 e. The lowest BCUT2D eigenvalue weighted by Crippen LogP contribution is -2.47. The summed E-state index contributed by atoms with van der Waals surface area (Å²) in [6.45, 7) is 0. The van der Waals surface area contributed by atoms with Gasteiger partial charge in [0, 0.05) is 24.7 Å². The lowest BCUT2D eigenvalue weighted by Gasteiger charge is -2.30. The zero-order valence-electron chi connectivity index (χ0n) is 15.9. The molecule has 7 heteroatoms. The average molecular weight is 413 g/mol. The second-order valence-corrected chi connectivity index (χ2v) is 8.38. The van der Waals surface area contributed by atoms with Gasteiger partial charge in [-0.15, -0.1) is 6.42 Å². The number of hydrogen-bond acceptors (Lipinski definition) is 2. The number of rotatable bonds is 10. The number of terminal acetylenes is 1. The molecule has 0 amide bonds. The Labute approximate surface area is 167 Å². The van der Waals surface area contributed by atoms with Gasteiger partial charge in [-0.2, -0.15) is 13.2 Å². The van der Waals surface area contributed by atoms with Crippen LogP contribution in [0, 0.1) is 23.7 Å². The number of hydrogen-bond donors (Lipinski definition) is 1. The van der Waals surface area contributed by atoms with Crippen LogP contribution in [-0.2, 0) is 4.79 Å². The highest BCUT2D eigenvalue weighted by Crippen LogP contribution is 2.49. The Morgan fingerprint density at radius 2 is 1.79 bits per heavy atom. The first-order valence-corrected chi connectivity index (χ1v) is 9.80. The van der Waals surface area contributed by atoms with E-state index in [2.05, 4.69) is 11.2 Å². The zero-order chi connectivity index (χ0) is 21.3. The Hall–Kier alpha value is -1.94. The van der Waals surface area contributed by atoms with Gasteiger partial charge in [0.05, 0.1) is 6.04 Å². The molecule has 29 heavy (non-hydrogen) atoms. The van der Waals surface area contributed by atoms with Crippen molar-refractivity contribution in [3.05, 3.63) is 35.9 Å². The van der Waals surface area contributed by atoms with Crippen molar-refractivity contribution >= 4 is 5.78 Å². The van der Waals surface area contributed by atoms with Crippen molar-refractivity contribution < 1.29 is 26.7 Å². The van der Waals surface area contributed by atoms with Gasteiger partial charge >= 0.3 is 6.18 Å². The molecule has 158 valence electrons. The second kappa shape index (κ2) is 8.06. The van der Waals surface area contributed by atoms with E-state index >= 15 is 0 Å². The largest absolute Gasteiger partial charge is 0.407 e. The van der Waals surface area contributed by atoms with Crippen molar-refractivity contribution in [2.45, 2.75) is 69.1 Å². The highest BCUT2D eigenvalue weighted by Gasteiger charge is 2.49. The SMILES string of the molecule is C#CC1(CC(=O)[C@H](CC(F)(F)CC2CC2)N[C@@H](c2ccccc2)C(F)(F)F)CC1. The van der Waals surface area contributed by atoms with Crippen LogP contribution in [-0.4, -0.2) is 23.9 Å². The van der Waals surface area contributed by atoms with E-state index in [1.807, 2.05) is 0 Å². The molecule has 1 aromatic rings. The van der Waals surface area contributed by atoms with Gasteiger partial charge in [-0.1, -0.05) is 36.3 Å². The fourth-order valence-corrected chi connectivity index (χ4v) is 3.60. The summed E-state index contributed by atoms with van der Waals surface area (Å²) in [5, 5.41) is 2.21. The molecule has 2 nitrogen and oxygen atoms in total. The molecule has 2 saturated carbocycles. The lowest BCUT2D eigenvalue weighted by molar-refractivity contribution is -0.163. The number of nitrogens with one attached hydrogen (secondary N) is 1. The third-order valence-corrected chi connectivity index (χ3v) is 5.68. The van der Waals surface area contributed by atoms with E-state index in [0.717, 1.165) is 0 Å². The molecule has 0 saturated heterocycles. The maximum atomic E-state index is 14.5. The summed E-state index contributed by atoms with van der Waals surface area (Å²) in [5.74, 6) is -1.51. The summed E-state index contributed by atoms with van der Waals surface area (Å²) in [7, 11) is 0. The summed E-state index contributed by atoms with van der Waals surface area (Å²) in [6.07, 6.45) is 1.70. The summed E-state index contributed by atoms with van der Waals surface area (Å²) < 4.78 is 70.1. The fourth-order valence-electron chi connectivity index (χ4n) is 3.60. The molecule has 0 bridgehead atoms. The van der Waals surface area contributed by atoms with Gasteiger partial charge in [-0.25, -0.2) is 8.78 Å². The average Bonchev–Trinajstić information content (AvgIpc) is 3.56. The summed E-state index contributed by atoms with van der Waals surface area (Å²) in [4.78, 5) is 12.8. The Morgan fingerprint density at radius 1 is 1.17 bits per heavy atom. The van der Waals surface area contributed by atoms with Crippen LogP contribution < -0.4 is 5.32 Å². The number of benzene rings is 1. The van der Waals surface area contributed by atoms with Crippen molar-refractivity contribution in [2.75, 3.05) is 0 Å². The third kappa shape index (κ3) is 6.02. The molecular weight excluding hydrogens is 389 g/mol. The van der Waals surface area contributed by atoms with Crippen molar-refractivity contribution in [3.63, 3.8) is 0 Å². The highest BCUT2D eigenvalue weighted by atomic mass is 19.4. The van der Waals surface area contributed by atoms with E-state index in [-0.39, 0.29) is 17.9 Å². The highest BCUT2D eigenvalue weighted by molar-refractivity contribution is 5.85. The minimum atomic E-state index is -4.74. The maximum Gasteiger partial charge on any atom is 0.407 e. The van der Waals surface area contributed by atoms with E-state index in [9.17, 15) is 26.7 Å². The van der Waals surface area contributed by atoms with Crippen LogP contribution in [0.1, 0.15) is 56.6 Å². The first-order valence-electron chi connectivity index (χ1n) is 9.80. The molecule has 1 N–H and O–H groups in total. The van der Waals surface area contributed by atoms with E-state index in [1.165, 1.54) is 24.3 Å². The van der Waals surface area contributed by atoms with Crippen LogP contribution in [0.25, 0.3) is 0 Å². The Morgan fingerprint density at radius 3 is 2.28 bits per heavy atom. The molecule has 2 atom stereocenters. The first-order chi connectivity index (χ1) is 13.5. The third-order valence-electron chi connectivity index (χ3n) is 5.68. The predicted molar refractivity (Wildman–Crippen MR) is 99.2 cm³/mol. The van der Waals surface area contributed by atoms with Crippen molar-refractivity contribution in [1.82, 2.24) is 5.32 Å². The molecule has 0 heterocycles. The first kappa shape index (κ1) is 21.8. The van der Waals surface area contributed by atoms with Crippen LogP contribution in [0.15, 0.2) is 30.3 Å². The fraction of sp³-hybridized carbons (Fsp3) is 0.591. The number of ketones is 1. The summed E-state index contributed by atoms with van der Waals surface area (Å²) in [5.41, 5.74) is -0.815. The quantitative estimate of drug-likeness (QED) is 0.408. The van der Waals surface area contributed by atoms with Gasteiger partial charge in [0.2, 0.25) is 5.92 Å². The Balaban J connectivity index is 1.82. The standard InChI is InChI=1S/C22H24F5NO/c1-2-20(10-11-20)14-18(29)17(13-21(23,24)12-15-8-9-15)28-19(22(25,26)27)16-6-4-3-5-7-16/h1,3-7,15,17,19,28H,8-14H2/t17-,19-/m0/s1. The van der Waals surface area contributed by atoms with Gasteiger partial charge in [-0.05, 0) is 37.2 Å². The molecule has 0 radical (unpaired) electrons. The number of alkyl halides is 5. The molecule has 2 aliphatic carbocycles. The van der Waals surface area contributed by atoms with Crippen molar-refractivity contribution in [3.8, 4) is 12.3 Å². The molecule has 0 unspecified atom stereocenters. The Kier molecular flexibility index (Phi) is 6.05. The monoisotopic (exact) mass is 413 g/mol. The topological polar surface area (TPSA) is 29.1 Å². The predicted octanol–water partition coefficient (Wildman–Crippen LogP) is 5.45. The molecular formula is C22H24F5NO. The van der Waals surface area contributed by atoms with E-state index in [1.54, 1.807) is 6.07 Å². The van der Waals surface area contributed by atoms with Gasteiger partial charge in [0.1, 0.15) is 6.04 Å². The van der Waals surface area contributed by atoms with E-state index in [0.29, 0.717) is 25.7 Å². The Bertz CT molecular complexity index is 760. The summed E-state index contributed by atoms with van der Waals surface area (Å²) in [6, 6.07) is 3.12. The van der Waals surface area contributed by atoms with Crippen LogP contribution in [0.4, 0.5) is 22.0 Å². The molecule has 0 spiro atoms. The number of carbonyl (C=O) groups is 1. The van der Waals surface area contributed by atoms with Gasteiger partial charge in [0.15, 0.2) is 5.78 Å². The van der Waals surface area contributed by atoms with E-state index < -0.39 is 48.2 Å². The summed E-state index contributed by atoms with van der Waals surface area (Å²) >= 11 is 0.